The third kappa shape index (κ3) is 7.30. The molecule has 1 saturated heterocycles. The Hall–Kier alpha value is -0.910. The lowest BCUT2D eigenvalue weighted by molar-refractivity contribution is 0.0904. The maximum absolute atomic E-state index is 12.6. The fourth-order valence-corrected chi connectivity index (χ4v) is 5.23. The summed E-state index contributed by atoms with van der Waals surface area (Å²) < 4.78 is 32.1. The van der Waals surface area contributed by atoms with E-state index in [1.54, 1.807) is 4.31 Å². The molecular formula is C22H37IN4O3S. The number of rotatable bonds is 8. The molecule has 2 atom stereocenters. The van der Waals surface area contributed by atoms with E-state index in [9.17, 15) is 8.42 Å². The van der Waals surface area contributed by atoms with Crippen molar-refractivity contribution in [1.82, 2.24) is 14.5 Å². The SMILES string of the molecule is CCN=C(NC1CC1c1ccccc1C)N1CCN(S(=O)(=O)CCOC(C)C)CC1.I. The average molecular weight is 565 g/mol. The van der Waals surface area contributed by atoms with Crippen LogP contribution in [0.15, 0.2) is 29.3 Å². The van der Waals surface area contributed by atoms with Crippen molar-refractivity contribution in [3.05, 3.63) is 35.4 Å². The normalized spacial score (nSPS) is 22.4. The molecule has 7 nitrogen and oxygen atoms in total. The minimum absolute atomic E-state index is 0. The molecule has 2 aliphatic rings. The van der Waals surface area contributed by atoms with E-state index in [0.29, 0.717) is 44.7 Å². The highest BCUT2D eigenvalue weighted by atomic mass is 127. The van der Waals surface area contributed by atoms with Crippen LogP contribution in [-0.2, 0) is 14.8 Å². The first kappa shape index (κ1) is 26.3. The number of guanidine groups is 1. The Morgan fingerprint density at radius 1 is 1.23 bits per heavy atom. The van der Waals surface area contributed by atoms with Crippen molar-refractivity contribution in [2.24, 2.45) is 4.99 Å². The molecule has 1 heterocycles. The Balaban J connectivity index is 0.00000341. The van der Waals surface area contributed by atoms with Crippen LogP contribution in [0.3, 0.4) is 0 Å². The summed E-state index contributed by atoms with van der Waals surface area (Å²) in [7, 11) is -3.28. The van der Waals surface area contributed by atoms with Gasteiger partial charge in [0.1, 0.15) is 0 Å². The van der Waals surface area contributed by atoms with Crippen LogP contribution in [0.25, 0.3) is 0 Å². The number of hydrogen-bond acceptors (Lipinski definition) is 4. The first-order valence-corrected chi connectivity index (χ1v) is 12.6. The number of hydrogen-bond donors (Lipinski definition) is 1. The zero-order valence-corrected chi connectivity index (χ0v) is 22.2. The first-order valence-electron chi connectivity index (χ1n) is 11.0. The van der Waals surface area contributed by atoms with Crippen molar-refractivity contribution >= 4 is 40.0 Å². The van der Waals surface area contributed by atoms with Crippen LogP contribution >= 0.6 is 24.0 Å². The van der Waals surface area contributed by atoms with E-state index in [2.05, 4.69) is 46.4 Å². The smallest absolute Gasteiger partial charge is 0.216 e. The summed E-state index contributed by atoms with van der Waals surface area (Å²) in [5.74, 6) is 1.47. The van der Waals surface area contributed by atoms with Crippen molar-refractivity contribution < 1.29 is 13.2 Å². The molecule has 1 saturated carbocycles. The number of aliphatic imine (C=N–C) groups is 1. The van der Waals surface area contributed by atoms with Crippen molar-refractivity contribution in [2.45, 2.75) is 52.2 Å². The summed E-state index contributed by atoms with van der Waals surface area (Å²) in [6.07, 6.45) is 1.15. The summed E-state index contributed by atoms with van der Waals surface area (Å²) in [4.78, 5) is 6.87. The second kappa shape index (κ2) is 11.8. The Labute approximate surface area is 204 Å². The maximum Gasteiger partial charge on any atom is 0.216 e. The van der Waals surface area contributed by atoms with Gasteiger partial charge < -0.3 is 15.0 Å². The molecule has 1 aliphatic heterocycles. The minimum atomic E-state index is -3.28. The average Bonchev–Trinajstić information content (AvgIpc) is 3.46. The predicted molar refractivity (Wildman–Crippen MR) is 137 cm³/mol. The monoisotopic (exact) mass is 564 g/mol. The summed E-state index contributed by atoms with van der Waals surface area (Å²) in [6, 6.07) is 8.95. The molecule has 9 heteroatoms. The Morgan fingerprint density at radius 2 is 1.90 bits per heavy atom. The second-order valence-electron chi connectivity index (χ2n) is 8.37. The molecule has 0 spiro atoms. The quantitative estimate of drug-likeness (QED) is 0.299. The lowest BCUT2D eigenvalue weighted by atomic mass is 10.0. The number of nitrogens with one attached hydrogen (secondary N) is 1. The van der Waals surface area contributed by atoms with Gasteiger partial charge in [0.2, 0.25) is 10.0 Å². The summed E-state index contributed by atoms with van der Waals surface area (Å²) in [6.45, 7) is 11.2. The largest absolute Gasteiger partial charge is 0.378 e. The van der Waals surface area contributed by atoms with E-state index in [1.807, 2.05) is 20.8 Å². The number of aryl methyl sites for hydroxylation is 1. The third-order valence-electron chi connectivity index (χ3n) is 5.72. The van der Waals surface area contributed by atoms with Crippen molar-refractivity contribution in [3.63, 3.8) is 0 Å². The zero-order chi connectivity index (χ0) is 21.7. The van der Waals surface area contributed by atoms with E-state index in [4.69, 9.17) is 4.74 Å². The van der Waals surface area contributed by atoms with E-state index < -0.39 is 10.0 Å². The molecule has 0 radical (unpaired) electrons. The highest BCUT2D eigenvalue weighted by Crippen LogP contribution is 2.42. The molecule has 31 heavy (non-hydrogen) atoms. The molecule has 0 bridgehead atoms. The van der Waals surface area contributed by atoms with Gasteiger partial charge in [-0.2, -0.15) is 4.31 Å². The van der Waals surface area contributed by atoms with Crippen molar-refractivity contribution in [1.29, 1.82) is 0 Å². The van der Waals surface area contributed by atoms with Crippen LogP contribution in [0.2, 0.25) is 0 Å². The molecule has 0 aromatic heterocycles. The standard InChI is InChI=1S/C22H36N4O3S.HI/c1-5-23-22(24-21-16-20(21)19-9-7-6-8-18(19)4)25-10-12-26(13-11-25)30(27,28)15-14-29-17(2)3;/h6-9,17,20-21H,5,10-16H2,1-4H3,(H,23,24);1H. The molecule has 176 valence electrons. The van der Waals surface area contributed by atoms with Crippen LogP contribution in [-0.4, -0.2) is 80.8 Å². The van der Waals surface area contributed by atoms with E-state index in [0.717, 1.165) is 12.4 Å². The van der Waals surface area contributed by atoms with Gasteiger partial charge in [0.25, 0.3) is 0 Å². The molecule has 1 aliphatic carbocycles. The fraction of sp³-hybridized carbons (Fsp3) is 0.682. The van der Waals surface area contributed by atoms with Gasteiger partial charge in [-0.05, 0) is 45.2 Å². The van der Waals surface area contributed by atoms with E-state index in [-0.39, 0.29) is 42.4 Å². The van der Waals surface area contributed by atoms with Gasteiger partial charge >= 0.3 is 0 Å². The number of sulfonamides is 1. The minimum Gasteiger partial charge on any atom is -0.378 e. The van der Waals surface area contributed by atoms with Gasteiger partial charge in [0.05, 0.1) is 18.5 Å². The lowest BCUT2D eigenvalue weighted by Crippen LogP contribution is -2.54. The fourth-order valence-electron chi connectivity index (χ4n) is 3.95. The highest BCUT2D eigenvalue weighted by Gasteiger charge is 2.40. The molecule has 2 unspecified atom stereocenters. The molecular weight excluding hydrogens is 527 g/mol. The molecule has 1 aromatic carbocycles. The summed E-state index contributed by atoms with van der Waals surface area (Å²) in [5, 5.41) is 3.63. The molecule has 2 fully saturated rings. The number of halogens is 1. The topological polar surface area (TPSA) is 74.2 Å². The van der Waals surface area contributed by atoms with Gasteiger partial charge in [-0.15, -0.1) is 24.0 Å². The van der Waals surface area contributed by atoms with Crippen molar-refractivity contribution in [3.8, 4) is 0 Å². The molecule has 1 N–H and O–H groups in total. The number of ether oxygens (including phenoxy) is 1. The maximum atomic E-state index is 12.6. The zero-order valence-electron chi connectivity index (χ0n) is 19.1. The summed E-state index contributed by atoms with van der Waals surface area (Å²) in [5.41, 5.74) is 2.74. The van der Waals surface area contributed by atoms with Crippen LogP contribution in [0.1, 0.15) is 44.2 Å². The summed E-state index contributed by atoms with van der Waals surface area (Å²) >= 11 is 0. The van der Waals surface area contributed by atoms with E-state index in [1.165, 1.54) is 11.1 Å². The van der Waals surface area contributed by atoms with E-state index >= 15 is 0 Å². The van der Waals surface area contributed by atoms with Gasteiger partial charge in [-0.25, -0.2) is 8.42 Å². The first-order chi connectivity index (χ1) is 14.3. The number of benzene rings is 1. The lowest BCUT2D eigenvalue weighted by Gasteiger charge is -2.36. The Morgan fingerprint density at radius 3 is 2.52 bits per heavy atom. The number of piperazine rings is 1. The van der Waals surface area contributed by atoms with Crippen LogP contribution in [0.4, 0.5) is 0 Å². The van der Waals surface area contributed by atoms with Crippen LogP contribution in [0.5, 0.6) is 0 Å². The van der Waals surface area contributed by atoms with Gasteiger partial charge in [-0.1, -0.05) is 24.3 Å². The number of nitrogens with zero attached hydrogens (tertiary/aromatic N) is 3. The van der Waals surface area contributed by atoms with Gasteiger partial charge in [0.15, 0.2) is 5.96 Å². The van der Waals surface area contributed by atoms with Crippen LogP contribution < -0.4 is 5.32 Å². The predicted octanol–water partition coefficient (Wildman–Crippen LogP) is 2.81. The molecule has 0 amide bonds. The third-order valence-corrected chi connectivity index (χ3v) is 7.56. The van der Waals surface area contributed by atoms with Crippen molar-refractivity contribution in [2.75, 3.05) is 45.1 Å². The Bertz CT molecular complexity index is 839. The molecule has 3 rings (SSSR count). The highest BCUT2D eigenvalue weighted by molar-refractivity contribution is 14.0. The second-order valence-corrected chi connectivity index (χ2v) is 10.5. The van der Waals surface area contributed by atoms with Gasteiger partial charge in [-0.3, -0.25) is 4.99 Å². The Kier molecular flexibility index (Phi) is 10.0. The van der Waals surface area contributed by atoms with Gasteiger partial charge in [0, 0.05) is 44.7 Å². The molecule has 1 aromatic rings. The van der Waals surface area contributed by atoms with Crippen LogP contribution in [0, 0.1) is 6.92 Å².